The van der Waals surface area contributed by atoms with Gasteiger partial charge < -0.3 is 5.32 Å². The summed E-state index contributed by atoms with van der Waals surface area (Å²) in [5.74, 6) is 0.641. The molecule has 0 atom stereocenters. The van der Waals surface area contributed by atoms with Crippen LogP contribution in [-0.4, -0.2) is 14.5 Å². The predicted octanol–water partition coefficient (Wildman–Crippen LogP) is 1.37. The van der Waals surface area contributed by atoms with Crippen LogP contribution in [0.1, 0.15) is 30.9 Å². The lowest BCUT2D eigenvalue weighted by Crippen LogP contribution is -2.43. The minimum Gasteiger partial charge on any atom is -0.309 e. The average Bonchev–Trinajstić information content (AvgIpc) is 2.73. The minimum absolute atomic E-state index is 0.122. The number of hydrogen-bond acceptors (Lipinski definition) is 3. The van der Waals surface area contributed by atoms with Gasteiger partial charge in [0.15, 0.2) is 0 Å². The van der Waals surface area contributed by atoms with Crippen molar-refractivity contribution in [2.24, 2.45) is 5.92 Å². The molecule has 2 aliphatic rings. The van der Waals surface area contributed by atoms with Crippen LogP contribution in [0.3, 0.4) is 0 Å². The summed E-state index contributed by atoms with van der Waals surface area (Å²) in [4.78, 5) is 0.393. The van der Waals surface area contributed by atoms with Crippen molar-refractivity contribution in [3.05, 3.63) is 29.3 Å². The molecule has 98 valence electrons. The van der Waals surface area contributed by atoms with Gasteiger partial charge in [-0.3, -0.25) is 0 Å². The Kier molecular flexibility index (Phi) is 2.92. The summed E-state index contributed by atoms with van der Waals surface area (Å²) in [5, 5.41) is 3.22. The van der Waals surface area contributed by atoms with Crippen molar-refractivity contribution < 1.29 is 8.42 Å². The summed E-state index contributed by atoms with van der Waals surface area (Å²) in [6.45, 7) is 3.74. The Labute approximate surface area is 108 Å². The van der Waals surface area contributed by atoms with E-state index < -0.39 is 10.0 Å². The smallest absolute Gasteiger partial charge is 0.240 e. The SMILES string of the molecule is CC1CC(NS(=O)(=O)c2ccc3c(c2)CNC3)C1. The van der Waals surface area contributed by atoms with E-state index in [-0.39, 0.29) is 6.04 Å². The van der Waals surface area contributed by atoms with Crippen LogP contribution >= 0.6 is 0 Å². The summed E-state index contributed by atoms with van der Waals surface area (Å²) in [7, 11) is -3.34. The van der Waals surface area contributed by atoms with Gasteiger partial charge in [0.05, 0.1) is 4.90 Å². The molecule has 0 unspecified atom stereocenters. The predicted molar refractivity (Wildman–Crippen MR) is 69.5 cm³/mol. The number of hydrogen-bond donors (Lipinski definition) is 2. The molecule has 0 radical (unpaired) electrons. The van der Waals surface area contributed by atoms with Gasteiger partial charge in [-0.2, -0.15) is 0 Å². The van der Waals surface area contributed by atoms with Crippen LogP contribution in [-0.2, 0) is 23.1 Å². The van der Waals surface area contributed by atoms with E-state index in [1.165, 1.54) is 5.56 Å². The summed E-state index contributed by atoms with van der Waals surface area (Å²) in [6.07, 6.45) is 1.90. The van der Waals surface area contributed by atoms with Crippen molar-refractivity contribution in [2.75, 3.05) is 0 Å². The molecular formula is C13H18N2O2S. The molecule has 0 aromatic heterocycles. The molecule has 0 amide bonds. The summed E-state index contributed by atoms with van der Waals surface area (Å²) in [5.41, 5.74) is 2.30. The highest BCUT2D eigenvalue weighted by Crippen LogP contribution is 2.28. The summed E-state index contributed by atoms with van der Waals surface area (Å²) < 4.78 is 27.2. The molecule has 0 spiro atoms. The molecule has 3 rings (SSSR count). The van der Waals surface area contributed by atoms with E-state index in [1.54, 1.807) is 12.1 Å². The molecular weight excluding hydrogens is 248 g/mol. The minimum atomic E-state index is -3.34. The van der Waals surface area contributed by atoms with Crippen molar-refractivity contribution in [2.45, 2.75) is 43.8 Å². The van der Waals surface area contributed by atoms with E-state index >= 15 is 0 Å². The van der Waals surface area contributed by atoms with Crippen LogP contribution in [0.25, 0.3) is 0 Å². The molecule has 1 aliphatic carbocycles. The number of sulfonamides is 1. The van der Waals surface area contributed by atoms with Gasteiger partial charge in [0, 0.05) is 19.1 Å². The Morgan fingerprint density at radius 1 is 1.22 bits per heavy atom. The van der Waals surface area contributed by atoms with Gasteiger partial charge in [0.1, 0.15) is 0 Å². The first-order chi connectivity index (χ1) is 8.54. The Morgan fingerprint density at radius 2 is 1.94 bits per heavy atom. The number of fused-ring (bicyclic) bond motifs is 1. The molecule has 1 aromatic rings. The molecule has 0 bridgehead atoms. The monoisotopic (exact) mass is 266 g/mol. The molecule has 1 heterocycles. The van der Waals surface area contributed by atoms with Crippen molar-refractivity contribution in [1.82, 2.24) is 10.0 Å². The zero-order chi connectivity index (χ0) is 12.8. The Bertz CT molecular complexity index is 562. The maximum atomic E-state index is 12.2. The third kappa shape index (κ3) is 2.18. The van der Waals surface area contributed by atoms with Crippen LogP contribution in [0.5, 0.6) is 0 Å². The molecule has 0 saturated heterocycles. The van der Waals surface area contributed by atoms with Gasteiger partial charge in [-0.15, -0.1) is 0 Å². The second kappa shape index (κ2) is 4.33. The molecule has 1 fully saturated rings. The van der Waals surface area contributed by atoms with Crippen molar-refractivity contribution in [3.8, 4) is 0 Å². The first-order valence-electron chi connectivity index (χ1n) is 6.39. The van der Waals surface area contributed by atoms with Gasteiger partial charge in [-0.1, -0.05) is 13.0 Å². The molecule has 1 aromatic carbocycles. The first kappa shape index (κ1) is 12.1. The van der Waals surface area contributed by atoms with E-state index in [0.29, 0.717) is 10.8 Å². The highest BCUT2D eigenvalue weighted by molar-refractivity contribution is 7.89. The molecule has 1 saturated carbocycles. The van der Waals surface area contributed by atoms with Crippen LogP contribution < -0.4 is 10.0 Å². The quantitative estimate of drug-likeness (QED) is 0.868. The van der Waals surface area contributed by atoms with Gasteiger partial charge in [-0.05, 0) is 42.0 Å². The standard InChI is InChI=1S/C13H18N2O2S/c1-9-4-12(5-9)15-18(16,17)13-3-2-10-7-14-8-11(10)6-13/h2-3,6,9,12,14-15H,4-5,7-8H2,1H3. The third-order valence-corrected chi connectivity index (χ3v) is 5.33. The van der Waals surface area contributed by atoms with E-state index in [1.807, 2.05) is 6.07 Å². The lowest BCUT2D eigenvalue weighted by atomic mass is 9.83. The van der Waals surface area contributed by atoms with Crippen molar-refractivity contribution in [3.63, 3.8) is 0 Å². The summed E-state index contributed by atoms with van der Waals surface area (Å²) >= 11 is 0. The Morgan fingerprint density at radius 3 is 2.67 bits per heavy atom. The van der Waals surface area contributed by atoms with Crippen molar-refractivity contribution in [1.29, 1.82) is 0 Å². The van der Waals surface area contributed by atoms with Gasteiger partial charge in [0.25, 0.3) is 0 Å². The normalized spacial score (nSPS) is 26.7. The van der Waals surface area contributed by atoms with E-state index in [4.69, 9.17) is 0 Å². The van der Waals surface area contributed by atoms with Crippen LogP contribution in [0.4, 0.5) is 0 Å². The topological polar surface area (TPSA) is 58.2 Å². The number of rotatable bonds is 3. The maximum Gasteiger partial charge on any atom is 0.240 e. The fourth-order valence-corrected chi connectivity index (χ4v) is 4.04. The molecule has 5 heteroatoms. The molecule has 1 aliphatic heterocycles. The zero-order valence-corrected chi connectivity index (χ0v) is 11.3. The highest BCUT2D eigenvalue weighted by Gasteiger charge is 2.30. The fourth-order valence-electron chi connectivity index (χ4n) is 2.72. The molecule has 4 nitrogen and oxygen atoms in total. The number of benzene rings is 1. The summed E-state index contributed by atoms with van der Waals surface area (Å²) in [6, 6.07) is 5.53. The van der Waals surface area contributed by atoms with E-state index in [9.17, 15) is 8.42 Å². The lowest BCUT2D eigenvalue weighted by Gasteiger charge is -2.32. The van der Waals surface area contributed by atoms with Crippen LogP contribution in [0, 0.1) is 5.92 Å². The van der Waals surface area contributed by atoms with Gasteiger partial charge in [-0.25, -0.2) is 13.1 Å². The third-order valence-electron chi connectivity index (χ3n) is 3.81. The number of nitrogens with one attached hydrogen (secondary N) is 2. The van der Waals surface area contributed by atoms with E-state index in [0.717, 1.165) is 31.5 Å². The van der Waals surface area contributed by atoms with Crippen LogP contribution in [0.2, 0.25) is 0 Å². The second-order valence-corrected chi connectivity index (χ2v) is 7.14. The van der Waals surface area contributed by atoms with Crippen molar-refractivity contribution >= 4 is 10.0 Å². The lowest BCUT2D eigenvalue weighted by molar-refractivity contribution is 0.270. The fraction of sp³-hybridized carbons (Fsp3) is 0.538. The average molecular weight is 266 g/mol. The van der Waals surface area contributed by atoms with Crippen LogP contribution in [0.15, 0.2) is 23.1 Å². The Balaban J connectivity index is 1.80. The molecule has 18 heavy (non-hydrogen) atoms. The Hall–Kier alpha value is -0.910. The first-order valence-corrected chi connectivity index (χ1v) is 7.88. The maximum absolute atomic E-state index is 12.2. The largest absolute Gasteiger partial charge is 0.309 e. The van der Waals surface area contributed by atoms with Gasteiger partial charge in [0.2, 0.25) is 10.0 Å². The zero-order valence-electron chi connectivity index (χ0n) is 10.4. The highest BCUT2D eigenvalue weighted by atomic mass is 32.2. The molecule has 2 N–H and O–H groups in total. The van der Waals surface area contributed by atoms with Gasteiger partial charge >= 0.3 is 0 Å². The van der Waals surface area contributed by atoms with E-state index in [2.05, 4.69) is 17.0 Å². The second-order valence-electron chi connectivity index (χ2n) is 5.43.